The molecular weight excluding hydrogens is 246 g/mol. The molecule has 3 heteroatoms. The highest BCUT2D eigenvalue weighted by Gasteiger charge is 2.15. The Morgan fingerprint density at radius 3 is 2.35 bits per heavy atom. The number of likely N-dealkylation sites (N-methyl/N-ethyl adjacent to an activating group) is 1. The molecule has 0 spiro atoms. The quantitative estimate of drug-likeness (QED) is 0.905. The zero-order chi connectivity index (χ0) is 14.5. The van der Waals surface area contributed by atoms with Crippen molar-refractivity contribution in [2.45, 2.75) is 40.2 Å². The minimum absolute atomic E-state index is 0.216. The third-order valence-corrected chi connectivity index (χ3v) is 3.64. The highest BCUT2D eigenvalue weighted by molar-refractivity contribution is 5.38. The van der Waals surface area contributed by atoms with Crippen LogP contribution >= 0.6 is 0 Å². The molecule has 0 amide bonds. The van der Waals surface area contributed by atoms with Crippen LogP contribution in [0, 0.1) is 20.8 Å². The third-order valence-electron chi connectivity index (χ3n) is 3.64. The molecule has 0 aliphatic carbocycles. The Hall–Kier alpha value is -1.74. The number of aryl methyl sites for hydroxylation is 3. The first-order valence-corrected chi connectivity index (χ1v) is 7.17. The van der Waals surface area contributed by atoms with E-state index < -0.39 is 0 Å². The second-order valence-electron chi connectivity index (χ2n) is 5.32. The summed E-state index contributed by atoms with van der Waals surface area (Å²) >= 11 is 0. The average Bonchev–Trinajstić information content (AvgIpc) is 2.42. The normalized spacial score (nSPS) is 12.4. The first-order chi connectivity index (χ1) is 9.61. The topological polar surface area (TPSA) is 37.8 Å². The van der Waals surface area contributed by atoms with Crippen molar-refractivity contribution in [2.75, 3.05) is 6.54 Å². The Morgan fingerprint density at radius 1 is 1.10 bits per heavy atom. The predicted octanol–water partition coefficient (Wildman–Crippen LogP) is 3.30. The van der Waals surface area contributed by atoms with E-state index in [1.165, 1.54) is 22.3 Å². The first kappa shape index (κ1) is 14.7. The maximum atomic E-state index is 4.45. The van der Waals surface area contributed by atoms with Crippen LogP contribution in [0.2, 0.25) is 0 Å². The molecule has 106 valence electrons. The van der Waals surface area contributed by atoms with Gasteiger partial charge < -0.3 is 5.32 Å². The SMILES string of the molecule is CCNC(Cc1c(C)cc(C)cc1C)c1cnccn1. The highest BCUT2D eigenvalue weighted by atomic mass is 14.9. The van der Waals surface area contributed by atoms with Gasteiger partial charge in [-0.1, -0.05) is 24.6 Å². The van der Waals surface area contributed by atoms with E-state index in [9.17, 15) is 0 Å². The fourth-order valence-corrected chi connectivity index (χ4v) is 2.75. The second kappa shape index (κ2) is 6.62. The van der Waals surface area contributed by atoms with E-state index in [0.29, 0.717) is 0 Å². The van der Waals surface area contributed by atoms with Crippen LogP contribution < -0.4 is 5.32 Å². The predicted molar refractivity (Wildman–Crippen MR) is 82.8 cm³/mol. The monoisotopic (exact) mass is 269 g/mol. The Kier molecular flexibility index (Phi) is 4.85. The number of nitrogens with zero attached hydrogens (tertiary/aromatic N) is 2. The molecule has 2 rings (SSSR count). The van der Waals surface area contributed by atoms with Gasteiger partial charge in [-0.15, -0.1) is 0 Å². The van der Waals surface area contributed by atoms with Crippen LogP contribution in [0.15, 0.2) is 30.7 Å². The molecule has 0 saturated carbocycles. The van der Waals surface area contributed by atoms with Gasteiger partial charge >= 0.3 is 0 Å². The van der Waals surface area contributed by atoms with Crippen molar-refractivity contribution in [3.8, 4) is 0 Å². The third kappa shape index (κ3) is 3.42. The molecule has 1 aromatic carbocycles. The molecule has 20 heavy (non-hydrogen) atoms. The molecule has 1 N–H and O–H groups in total. The van der Waals surface area contributed by atoms with Crippen molar-refractivity contribution >= 4 is 0 Å². The van der Waals surface area contributed by atoms with Crippen LogP contribution in [-0.4, -0.2) is 16.5 Å². The van der Waals surface area contributed by atoms with E-state index in [4.69, 9.17) is 0 Å². The van der Waals surface area contributed by atoms with Crippen molar-refractivity contribution in [1.29, 1.82) is 0 Å². The van der Waals surface area contributed by atoms with Gasteiger partial charge in [0.1, 0.15) is 0 Å². The minimum atomic E-state index is 0.216. The van der Waals surface area contributed by atoms with Gasteiger partial charge in [-0.25, -0.2) is 0 Å². The molecule has 0 radical (unpaired) electrons. The van der Waals surface area contributed by atoms with Gasteiger partial charge in [-0.2, -0.15) is 0 Å². The molecule has 0 bridgehead atoms. The van der Waals surface area contributed by atoms with E-state index in [-0.39, 0.29) is 6.04 Å². The van der Waals surface area contributed by atoms with Crippen molar-refractivity contribution in [2.24, 2.45) is 0 Å². The number of benzene rings is 1. The molecule has 1 aromatic heterocycles. The summed E-state index contributed by atoms with van der Waals surface area (Å²) in [6.07, 6.45) is 6.28. The van der Waals surface area contributed by atoms with E-state index >= 15 is 0 Å². The molecule has 1 atom stereocenters. The maximum Gasteiger partial charge on any atom is 0.0759 e. The summed E-state index contributed by atoms with van der Waals surface area (Å²) in [5.74, 6) is 0. The molecule has 1 unspecified atom stereocenters. The Balaban J connectivity index is 2.30. The highest BCUT2D eigenvalue weighted by Crippen LogP contribution is 2.23. The van der Waals surface area contributed by atoms with Crippen molar-refractivity contribution in [3.05, 3.63) is 58.7 Å². The van der Waals surface area contributed by atoms with Crippen LogP contribution in [-0.2, 0) is 6.42 Å². The maximum absolute atomic E-state index is 4.45. The summed E-state index contributed by atoms with van der Waals surface area (Å²) in [7, 11) is 0. The van der Waals surface area contributed by atoms with E-state index in [0.717, 1.165) is 18.7 Å². The number of rotatable bonds is 5. The van der Waals surface area contributed by atoms with Gasteiger partial charge in [0.05, 0.1) is 11.7 Å². The van der Waals surface area contributed by atoms with Crippen molar-refractivity contribution < 1.29 is 0 Å². The summed E-state index contributed by atoms with van der Waals surface area (Å²) in [5, 5.41) is 3.51. The number of hydrogen-bond acceptors (Lipinski definition) is 3. The fraction of sp³-hybridized carbons (Fsp3) is 0.412. The lowest BCUT2D eigenvalue weighted by Gasteiger charge is -2.20. The van der Waals surface area contributed by atoms with Gasteiger partial charge in [-0.3, -0.25) is 9.97 Å². The van der Waals surface area contributed by atoms with E-state index in [1.54, 1.807) is 12.4 Å². The zero-order valence-corrected chi connectivity index (χ0v) is 12.8. The van der Waals surface area contributed by atoms with E-state index in [1.807, 2.05) is 6.20 Å². The average molecular weight is 269 g/mol. The Labute approximate surface area is 121 Å². The van der Waals surface area contributed by atoms with Gasteiger partial charge in [0.25, 0.3) is 0 Å². The number of aromatic nitrogens is 2. The van der Waals surface area contributed by atoms with Crippen LogP contribution in [0.5, 0.6) is 0 Å². The summed E-state index contributed by atoms with van der Waals surface area (Å²) in [6, 6.07) is 4.72. The zero-order valence-electron chi connectivity index (χ0n) is 12.8. The summed E-state index contributed by atoms with van der Waals surface area (Å²) in [6.45, 7) is 9.57. The summed E-state index contributed by atoms with van der Waals surface area (Å²) < 4.78 is 0. The van der Waals surface area contributed by atoms with Crippen molar-refractivity contribution in [3.63, 3.8) is 0 Å². The molecule has 0 fully saturated rings. The summed E-state index contributed by atoms with van der Waals surface area (Å²) in [5.41, 5.74) is 6.45. The molecule has 0 aliphatic rings. The lowest BCUT2D eigenvalue weighted by molar-refractivity contribution is 0.532. The lowest BCUT2D eigenvalue weighted by atomic mass is 9.93. The minimum Gasteiger partial charge on any atom is -0.309 e. The standard InChI is InChI=1S/C17H23N3/c1-5-19-16(17-11-18-6-7-20-17)10-15-13(3)8-12(2)9-14(15)4/h6-9,11,16,19H,5,10H2,1-4H3. The second-order valence-corrected chi connectivity index (χ2v) is 5.32. The van der Waals surface area contributed by atoms with E-state index in [2.05, 4.69) is 55.1 Å². The van der Waals surface area contributed by atoms with Crippen LogP contribution in [0.25, 0.3) is 0 Å². The fourth-order valence-electron chi connectivity index (χ4n) is 2.75. The van der Waals surface area contributed by atoms with Crippen LogP contribution in [0.4, 0.5) is 0 Å². The molecule has 3 nitrogen and oxygen atoms in total. The van der Waals surface area contributed by atoms with Crippen LogP contribution in [0.3, 0.4) is 0 Å². The molecule has 0 aliphatic heterocycles. The Morgan fingerprint density at radius 2 is 1.80 bits per heavy atom. The van der Waals surface area contributed by atoms with Crippen LogP contribution in [0.1, 0.15) is 40.9 Å². The van der Waals surface area contributed by atoms with Gasteiger partial charge in [-0.05, 0) is 50.4 Å². The van der Waals surface area contributed by atoms with Gasteiger partial charge in [0.2, 0.25) is 0 Å². The van der Waals surface area contributed by atoms with Crippen molar-refractivity contribution in [1.82, 2.24) is 15.3 Å². The number of hydrogen-bond donors (Lipinski definition) is 1. The van der Waals surface area contributed by atoms with Gasteiger partial charge in [0, 0.05) is 18.6 Å². The largest absolute Gasteiger partial charge is 0.309 e. The molecule has 1 heterocycles. The first-order valence-electron chi connectivity index (χ1n) is 7.17. The number of nitrogens with one attached hydrogen (secondary N) is 1. The molecule has 2 aromatic rings. The summed E-state index contributed by atoms with van der Waals surface area (Å²) in [4.78, 5) is 8.63. The smallest absolute Gasteiger partial charge is 0.0759 e. The molecule has 0 saturated heterocycles. The lowest BCUT2D eigenvalue weighted by Crippen LogP contribution is -2.24. The molecular formula is C17H23N3. The van der Waals surface area contributed by atoms with Gasteiger partial charge in [0.15, 0.2) is 0 Å². The Bertz CT molecular complexity index is 541.